The Labute approximate surface area is 229 Å². The van der Waals surface area contributed by atoms with Crippen LogP contribution in [0.3, 0.4) is 0 Å². The molecule has 1 amide bonds. The van der Waals surface area contributed by atoms with Gasteiger partial charge in [-0.15, -0.1) is 0 Å². The Bertz CT molecular complexity index is 1350. The Kier molecular flexibility index (Phi) is 7.60. The SMILES string of the molecule is [2H]C1([2H])O[C@@]2([2H])OCC[C@H]2[C@@]1([2H])OC(=O)N[C@@H](Cc1ccccc1)[C@H](O)CN(CC(C)C)S(=O)(=O)c1ccc(N)cc1. The maximum atomic E-state index is 13.5. The van der Waals surface area contributed by atoms with Gasteiger partial charge in [-0.05, 0) is 48.6 Å². The largest absolute Gasteiger partial charge is 0.443 e. The van der Waals surface area contributed by atoms with Crippen LogP contribution in [0.2, 0.25) is 0 Å². The molecule has 0 aliphatic carbocycles. The number of fused-ring (bicyclic) bond motifs is 1. The molecule has 208 valence electrons. The lowest BCUT2D eigenvalue weighted by Gasteiger charge is -2.31. The van der Waals surface area contributed by atoms with E-state index in [1.807, 2.05) is 13.8 Å². The van der Waals surface area contributed by atoms with Crippen LogP contribution in [0.4, 0.5) is 10.5 Å². The molecule has 0 aromatic heterocycles. The van der Waals surface area contributed by atoms with Crippen LogP contribution in [-0.4, -0.2) is 74.7 Å². The van der Waals surface area contributed by atoms with E-state index in [-0.39, 0.29) is 43.4 Å². The summed E-state index contributed by atoms with van der Waals surface area (Å²) in [6.45, 7) is 0.530. The van der Waals surface area contributed by atoms with E-state index < -0.39 is 53.1 Å². The molecule has 2 saturated heterocycles. The monoisotopic (exact) mass is 551 g/mol. The van der Waals surface area contributed by atoms with E-state index in [2.05, 4.69) is 5.32 Å². The van der Waals surface area contributed by atoms with E-state index in [1.54, 1.807) is 30.3 Å². The van der Waals surface area contributed by atoms with Gasteiger partial charge in [0.05, 0.1) is 41.6 Å². The maximum absolute atomic E-state index is 13.5. The minimum absolute atomic E-state index is 0.00574. The molecule has 2 fully saturated rings. The molecular formula is C27H37N3O7S. The quantitative estimate of drug-likeness (QED) is 0.362. The summed E-state index contributed by atoms with van der Waals surface area (Å²) in [6.07, 6.45) is -7.34. The van der Waals surface area contributed by atoms with Gasteiger partial charge < -0.3 is 30.4 Å². The van der Waals surface area contributed by atoms with E-state index in [0.717, 1.165) is 4.31 Å². The van der Waals surface area contributed by atoms with Gasteiger partial charge in [-0.2, -0.15) is 4.31 Å². The zero-order chi connectivity index (χ0) is 30.9. The molecule has 0 bridgehead atoms. The van der Waals surface area contributed by atoms with Crippen LogP contribution in [0, 0.1) is 11.8 Å². The number of aliphatic hydroxyl groups excluding tert-OH is 1. The number of carbonyl (C=O) groups excluding carboxylic acids is 1. The predicted octanol–water partition coefficient (Wildman–Crippen LogP) is 2.38. The van der Waals surface area contributed by atoms with Crippen LogP contribution in [0.1, 0.15) is 31.3 Å². The number of nitrogen functional groups attached to an aromatic ring is 1. The number of hydrogen-bond donors (Lipinski definition) is 3. The van der Waals surface area contributed by atoms with Gasteiger partial charge in [-0.1, -0.05) is 44.2 Å². The summed E-state index contributed by atoms with van der Waals surface area (Å²) < 4.78 is 77.0. The highest BCUT2D eigenvalue weighted by Crippen LogP contribution is 2.33. The summed E-state index contributed by atoms with van der Waals surface area (Å²) >= 11 is 0. The van der Waals surface area contributed by atoms with Gasteiger partial charge in [0, 0.05) is 18.8 Å². The van der Waals surface area contributed by atoms with Crippen molar-refractivity contribution in [3.8, 4) is 0 Å². The number of nitrogens with two attached hydrogens (primary N) is 1. The number of anilines is 1. The average molecular weight is 552 g/mol. The van der Waals surface area contributed by atoms with Crippen LogP contribution in [0.5, 0.6) is 0 Å². The fourth-order valence-electron chi connectivity index (χ4n) is 4.33. The number of aliphatic hydroxyl groups is 1. The molecule has 2 heterocycles. The number of benzene rings is 2. The molecule has 2 aliphatic heterocycles. The lowest BCUT2D eigenvalue weighted by atomic mass is 10.0. The molecule has 4 rings (SSSR count). The molecule has 0 spiro atoms. The first-order chi connectivity index (χ1) is 19.6. The van der Waals surface area contributed by atoms with Crippen molar-refractivity contribution < 1.29 is 38.0 Å². The first kappa shape index (κ1) is 23.2. The number of rotatable bonds is 11. The van der Waals surface area contributed by atoms with Crippen molar-refractivity contribution in [3.63, 3.8) is 0 Å². The third-order valence-electron chi connectivity index (χ3n) is 6.25. The van der Waals surface area contributed by atoms with Crippen molar-refractivity contribution in [2.75, 3.05) is 32.0 Å². The topological polar surface area (TPSA) is 140 Å². The van der Waals surface area contributed by atoms with Gasteiger partial charge in [0.2, 0.25) is 10.0 Å². The van der Waals surface area contributed by atoms with E-state index in [0.29, 0.717) is 11.3 Å². The molecule has 2 aromatic rings. The average Bonchev–Trinajstić information content (AvgIpc) is 3.34. The second-order valence-corrected chi connectivity index (χ2v) is 11.7. The van der Waals surface area contributed by atoms with E-state index in [1.165, 1.54) is 24.3 Å². The van der Waals surface area contributed by atoms with Crippen molar-refractivity contribution in [1.29, 1.82) is 0 Å². The number of ether oxygens (including phenoxy) is 3. The van der Waals surface area contributed by atoms with Crippen molar-refractivity contribution >= 4 is 21.8 Å². The smallest absolute Gasteiger partial charge is 0.407 e. The highest BCUT2D eigenvalue weighted by Gasteiger charge is 2.44. The van der Waals surface area contributed by atoms with E-state index in [4.69, 9.17) is 25.4 Å². The molecule has 0 unspecified atom stereocenters. The third kappa shape index (κ3) is 7.03. The number of nitrogens with one attached hydrogen (secondary N) is 1. The van der Waals surface area contributed by atoms with Gasteiger partial charge in [0.25, 0.3) is 0 Å². The lowest BCUT2D eigenvalue weighted by Crippen LogP contribution is -2.51. The number of sulfonamides is 1. The third-order valence-corrected chi connectivity index (χ3v) is 8.10. The minimum atomic E-state index is -4.06. The number of alkyl carbamates (subject to hydrolysis) is 1. The summed E-state index contributed by atoms with van der Waals surface area (Å²) in [7, 11) is -4.06. The maximum Gasteiger partial charge on any atom is 0.407 e. The number of amides is 1. The Balaban J connectivity index is 1.58. The molecule has 2 aromatic carbocycles. The standard InChI is InChI=1S/C27H37N3O7S/c1-18(2)15-30(38(33,34)21-10-8-20(28)9-11-21)16-24(31)23(14-19-6-4-3-5-7-19)29-27(32)37-25-17-36-26-22(25)12-13-35-26/h3-11,18,22-26,31H,12-17,28H2,1-2H3,(H,29,32)/t22-,23-,24+,25-,26+/m0/s1/i17D2,25D,26D. The summed E-state index contributed by atoms with van der Waals surface area (Å²) in [5, 5.41) is 13.9. The number of nitrogens with zero attached hydrogens (tertiary/aromatic N) is 1. The Morgan fingerprint density at radius 1 is 1.21 bits per heavy atom. The van der Waals surface area contributed by atoms with Crippen molar-refractivity contribution in [2.24, 2.45) is 11.8 Å². The molecule has 38 heavy (non-hydrogen) atoms. The molecule has 10 nitrogen and oxygen atoms in total. The van der Waals surface area contributed by atoms with Gasteiger partial charge >= 0.3 is 6.09 Å². The first-order valence-electron chi connectivity index (χ1n) is 14.5. The molecule has 5 atom stereocenters. The van der Waals surface area contributed by atoms with Gasteiger partial charge in [-0.3, -0.25) is 0 Å². The first-order valence-corrected chi connectivity index (χ1v) is 13.9. The summed E-state index contributed by atoms with van der Waals surface area (Å²) in [4.78, 5) is 13.2. The Hall–Kier alpha value is -2.70. The molecular weight excluding hydrogens is 510 g/mol. The van der Waals surface area contributed by atoms with Crippen LogP contribution in [0.25, 0.3) is 0 Å². The Morgan fingerprint density at radius 3 is 2.61 bits per heavy atom. The summed E-state index contributed by atoms with van der Waals surface area (Å²) in [5.41, 5.74) is 6.83. The van der Waals surface area contributed by atoms with E-state index in [9.17, 15) is 18.3 Å². The minimum Gasteiger partial charge on any atom is -0.443 e. The number of hydrogen-bond acceptors (Lipinski definition) is 8. The second-order valence-electron chi connectivity index (χ2n) is 9.76. The summed E-state index contributed by atoms with van der Waals surface area (Å²) in [6, 6.07) is 13.5. The highest BCUT2D eigenvalue weighted by molar-refractivity contribution is 7.89. The van der Waals surface area contributed by atoms with Crippen molar-refractivity contribution in [2.45, 2.75) is 56.1 Å². The van der Waals surface area contributed by atoms with Crippen LogP contribution >= 0.6 is 0 Å². The van der Waals surface area contributed by atoms with Crippen LogP contribution in [0.15, 0.2) is 59.5 Å². The predicted molar refractivity (Wildman–Crippen MR) is 142 cm³/mol. The van der Waals surface area contributed by atoms with Crippen molar-refractivity contribution in [3.05, 3.63) is 60.2 Å². The van der Waals surface area contributed by atoms with Gasteiger partial charge in [-0.25, -0.2) is 13.2 Å². The Morgan fingerprint density at radius 2 is 1.92 bits per heavy atom. The van der Waals surface area contributed by atoms with Crippen LogP contribution in [-0.2, 0) is 30.7 Å². The zero-order valence-electron chi connectivity index (χ0n) is 25.4. The fourth-order valence-corrected chi connectivity index (χ4v) is 5.95. The molecule has 0 saturated carbocycles. The van der Waals surface area contributed by atoms with Crippen LogP contribution < -0.4 is 11.1 Å². The highest BCUT2D eigenvalue weighted by atomic mass is 32.2. The fraction of sp³-hybridized carbons (Fsp3) is 0.519. The zero-order valence-corrected chi connectivity index (χ0v) is 22.2. The molecule has 0 radical (unpaired) electrons. The lowest BCUT2D eigenvalue weighted by molar-refractivity contribution is -0.0907. The molecule has 2 aliphatic rings. The van der Waals surface area contributed by atoms with Gasteiger partial charge in [0.1, 0.15) is 6.08 Å². The second kappa shape index (κ2) is 12.4. The van der Waals surface area contributed by atoms with Crippen molar-refractivity contribution in [1.82, 2.24) is 9.62 Å². The van der Waals surface area contributed by atoms with Gasteiger partial charge in [0.15, 0.2) is 6.27 Å². The molecule has 11 heteroatoms. The summed E-state index contributed by atoms with van der Waals surface area (Å²) in [5.74, 6) is -1.33. The van der Waals surface area contributed by atoms with E-state index >= 15 is 0 Å². The molecule has 4 N–H and O–H groups in total. The normalized spacial score (nSPS) is 29.6. The number of carbonyl (C=O) groups is 1.